The number of rotatable bonds is 10. The molecule has 4 aromatic rings. The van der Waals surface area contributed by atoms with Gasteiger partial charge >= 0.3 is 11.9 Å². The number of hydrogen-bond donors (Lipinski definition) is 4. The van der Waals surface area contributed by atoms with Crippen LogP contribution in [0, 0.1) is 0 Å². The van der Waals surface area contributed by atoms with Crippen molar-refractivity contribution in [1.29, 1.82) is 0 Å². The van der Waals surface area contributed by atoms with Gasteiger partial charge in [0, 0.05) is 48.3 Å². The predicted molar refractivity (Wildman–Crippen MR) is 169 cm³/mol. The highest BCUT2D eigenvalue weighted by Gasteiger charge is 2.08. The number of benzene rings is 4. The van der Waals surface area contributed by atoms with E-state index in [-0.39, 0.29) is 23.0 Å². The van der Waals surface area contributed by atoms with Crippen LogP contribution in [0.5, 0.6) is 23.0 Å². The number of phenolic OH excluding ortho intramolecular Hbond substituents is 4. The topological polar surface area (TPSA) is 134 Å². The van der Waals surface area contributed by atoms with Gasteiger partial charge in [0.15, 0.2) is 0 Å². The second-order valence-electron chi connectivity index (χ2n) is 9.86. The van der Waals surface area contributed by atoms with Gasteiger partial charge in [0.25, 0.3) is 0 Å². The minimum atomic E-state index is -0.457. The summed E-state index contributed by atoms with van der Waals surface area (Å²) in [5.41, 5.74) is 4.32. The van der Waals surface area contributed by atoms with Gasteiger partial charge in [0.2, 0.25) is 0 Å². The Morgan fingerprint density at radius 1 is 0.568 bits per heavy atom. The van der Waals surface area contributed by atoms with E-state index in [4.69, 9.17) is 9.47 Å². The van der Waals surface area contributed by atoms with Crippen molar-refractivity contribution in [2.75, 3.05) is 13.2 Å². The fourth-order valence-electron chi connectivity index (χ4n) is 4.13. The lowest BCUT2D eigenvalue weighted by atomic mass is 10.1. The predicted octanol–water partition coefficient (Wildman–Crippen LogP) is 6.57. The molecule has 0 radical (unpaired) electrons. The average molecular weight is 597 g/mol. The van der Waals surface area contributed by atoms with Crippen molar-refractivity contribution in [3.05, 3.63) is 131 Å². The lowest BCUT2D eigenvalue weighted by Crippen LogP contribution is -2.05. The third-order valence-corrected chi connectivity index (χ3v) is 6.44. The van der Waals surface area contributed by atoms with Crippen LogP contribution < -0.4 is 0 Å². The molecule has 0 aromatic heterocycles. The fraction of sp³-hybridized carbons (Fsp3) is 0.167. The van der Waals surface area contributed by atoms with Crippen molar-refractivity contribution in [1.82, 2.24) is 0 Å². The summed E-state index contributed by atoms with van der Waals surface area (Å²) in [6.45, 7) is 4.00. The highest BCUT2D eigenvalue weighted by atomic mass is 16.5. The Kier molecular flexibility index (Phi) is 12.6. The fourth-order valence-corrected chi connectivity index (χ4v) is 4.13. The number of phenols is 4. The number of carbonyl (C=O) groups is 2. The van der Waals surface area contributed by atoms with Crippen LogP contribution in [0.1, 0.15) is 36.1 Å². The number of ether oxygens (including phenoxy) is 2. The summed E-state index contributed by atoms with van der Waals surface area (Å²) in [5, 5.41) is 38.0. The number of allylic oxidation sites excluding steroid dienone is 2. The zero-order valence-electron chi connectivity index (χ0n) is 24.6. The van der Waals surface area contributed by atoms with Crippen molar-refractivity contribution in [2.45, 2.75) is 26.7 Å². The van der Waals surface area contributed by atoms with E-state index in [0.29, 0.717) is 48.3 Å². The van der Waals surface area contributed by atoms with Crippen molar-refractivity contribution in [3.63, 3.8) is 0 Å². The average Bonchev–Trinajstić information content (AvgIpc) is 2.98. The van der Waals surface area contributed by atoms with E-state index in [9.17, 15) is 30.0 Å². The first-order valence-corrected chi connectivity index (χ1v) is 13.9. The van der Waals surface area contributed by atoms with E-state index < -0.39 is 11.9 Å². The van der Waals surface area contributed by atoms with Gasteiger partial charge in [-0.1, -0.05) is 60.7 Å². The lowest BCUT2D eigenvalue weighted by molar-refractivity contribution is -0.138. The molecule has 0 saturated carbocycles. The summed E-state index contributed by atoms with van der Waals surface area (Å²) in [6.07, 6.45) is 3.97. The normalized spacial score (nSPS) is 11.2. The summed E-state index contributed by atoms with van der Waals surface area (Å²) in [6, 6.07) is 28.0. The molecular weight excluding hydrogens is 560 g/mol. The van der Waals surface area contributed by atoms with Crippen LogP contribution in [0.25, 0.3) is 11.1 Å². The van der Waals surface area contributed by atoms with E-state index in [2.05, 4.69) is 0 Å². The van der Waals surface area contributed by atoms with E-state index >= 15 is 0 Å². The summed E-state index contributed by atoms with van der Waals surface area (Å²) in [4.78, 5) is 23.5. The van der Waals surface area contributed by atoms with Crippen molar-refractivity contribution in [3.8, 4) is 23.0 Å². The van der Waals surface area contributed by atoms with E-state index in [1.54, 1.807) is 26.0 Å². The Morgan fingerprint density at radius 2 is 0.932 bits per heavy atom. The number of esters is 2. The summed E-state index contributed by atoms with van der Waals surface area (Å²) in [7, 11) is 0. The largest absolute Gasteiger partial charge is 0.508 e. The molecular formula is C36H36O8. The molecule has 8 heteroatoms. The van der Waals surface area contributed by atoms with Crippen LogP contribution in [0.2, 0.25) is 0 Å². The minimum Gasteiger partial charge on any atom is -0.508 e. The highest BCUT2D eigenvalue weighted by molar-refractivity contribution is 5.92. The van der Waals surface area contributed by atoms with Crippen molar-refractivity contribution < 1.29 is 39.5 Å². The molecule has 4 aromatic carbocycles. The molecule has 4 N–H and O–H groups in total. The Morgan fingerprint density at radius 3 is 1.27 bits per heavy atom. The second kappa shape index (κ2) is 16.8. The number of aromatic hydroxyl groups is 4. The van der Waals surface area contributed by atoms with Crippen LogP contribution in [-0.2, 0) is 31.9 Å². The molecule has 0 aliphatic heterocycles. The maximum absolute atomic E-state index is 11.8. The standard InChI is InChI=1S/2C18H18O4/c2*1-13(16-8-7-15(19)12-17(16)20)11-18(21)22-10-9-14-5-3-2-4-6-14/h2*2-8,11-12,19-20H,9-10H2,1H3. The maximum atomic E-state index is 11.8. The zero-order valence-corrected chi connectivity index (χ0v) is 24.6. The van der Waals surface area contributed by atoms with Gasteiger partial charge in [-0.3, -0.25) is 0 Å². The molecule has 4 rings (SSSR count). The maximum Gasteiger partial charge on any atom is 0.331 e. The molecule has 0 saturated heterocycles. The Balaban J connectivity index is 0.000000240. The van der Waals surface area contributed by atoms with Gasteiger partial charge in [-0.15, -0.1) is 0 Å². The van der Waals surface area contributed by atoms with E-state index in [1.807, 2.05) is 60.7 Å². The third-order valence-electron chi connectivity index (χ3n) is 6.44. The Hall–Kier alpha value is -5.50. The third kappa shape index (κ3) is 11.1. The first kappa shape index (κ1) is 33.0. The minimum absolute atomic E-state index is 0.0283. The van der Waals surface area contributed by atoms with Crippen molar-refractivity contribution in [2.24, 2.45) is 0 Å². The molecule has 0 amide bonds. The molecule has 0 aliphatic rings. The zero-order chi connectivity index (χ0) is 31.9. The quantitative estimate of drug-likeness (QED) is 0.119. The van der Waals surface area contributed by atoms with Gasteiger partial charge in [-0.05, 0) is 60.4 Å². The number of hydrogen-bond acceptors (Lipinski definition) is 8. The monoisotopic (exact) mass is 596 g/mol. The van der Waals surface area contributed by atoms with Gasteiger partial charge < -0.3 is 29.9 Å². The van der Waals surface area contributed by atoms with Crippen LogP contribution >= 0.6 is 0 Å². The summed E-state index contributed by atoms with van der Waals surface area (Å²) >= 11 is 0. The summed E-state index contributed by atoms with van der Waals surface area (Å²) < 4.78 is 10.3. The molecule has 0 unspecified atom stereocenters. The molecule has 0 bridgehead atoms. The summed E-state index contributed by atoms with van der Waals surface area (Å²) in [5.74, 6) is -1.13. The lowest BCUT2D eigenvalue weighted by Gasteiger charge is -2.06. The van der Waals surface area contributed by atoms with Crippen LogP contribution in [0.4, 0.5) is 0 Å². The first-order valence-electron chi connectivity index (χ1n) is 13.9. The molecule has 0 spiro atoms. The highest BCUT2D eigenvalue weighted by Crippen LogP contribution is 2.29. The van der Waals surface area contributed by atoms with Gasteiger partial charge in [0.05, 0.1) is 13.2 Å². The van der Waals surface area contributed by atoms with Crippen molar-refractivity contribution >= 4 is 23.1 Å². The van der Waals surface area contributed by atoms with Gasteiger partial charge in [-0.25, -0.2) is 9.59 Å². The van der Waals surface area contributed by atoms with Crippen LogP contribution in [0.15, 0.2) is 109 Å². The first-order chi connectivity index (χ1) is 21.1. The molecule has 0 aliphatic carbocycles. The smallest absolute Gasteiger partial charge is 0.331 e. The van der Waals surface area contributed by atoms with Crippen LogP contribution in [0.3, 0.4) is 0 Å². The SMILES string of the molecule is CC(=CC(=O)OCCc1ccccc1)c1ccc(O)cc1O.CC(=CC(=O)OCCc1ccccc1)c1ccc(O)cc1O. The number of carbonyl (C=O) groups excluding carboxylic acids is 2. The van der Waals surface area contributed by atoms with E-state index in [1.165, 1.54) is 36.4 Å². The molecule has 0 heterocycles. The van der Waals surface area contributed by atoms with Gasteiger partial charge in [0.1, 0.15) is 23.0 Å². The van der Waals surface area contributed by atoms with Crippen LogP contribution in [-0.4, -0.2) is 45.6 Å². The molecule has 8 nitrogen and oxygen atoms in total. The Bertz CT molecular complexity index is 1470. The second-order valence-corrected chi connectivity index (χ2v) is 9.86. The molecule has 228 valence electrons. The van der Waals surface area contributed by atoms with E-state index in [0.717, 1.165) is 11.1 Å². The Labute approximate surface area is 256 Å². The molecule has 0 fully saturated rings. The molecule has 44 heavy (non-hydrogen) atoms. The van der Waals surface area contributed by atoms with Gasteiger partial charge in [-0.2, -0.15) is 0 Å². The molecule has 0 atom stereocenters.